The number of hydrogen-bond acceptors (Lipinski definition) is 3. The Labute approximate surface area is 130 Å². The number of benzene rings is 1. The average molecular weight is 394 g/mol. The number of hydrogen-bond donors (Lipinski definition) is 1. The van der Waals surface area contributed by atoms with Gasteiger partial charge in [-0.25, -0.2) is 0 Å². The topological polar surface area (TPSA) is 25.2 Å². The zero-order valence-corrected chi connectivity index (χ0v) is 13.6. The summed E-state index contributed by atoms with van der Waals surface area (Å²) >= 11 is 10.1. The van der Waals surface area contributed by atoms with Crippen LogP contribution in [0.25, 0.3) is 0 Å². The standard InChI is InChI=1S/C13H13ClINOS/c1-18-8-11-4-3-10(17-11)7-16-13-5-2-9(15)6-12(13)14/h2-6,16H,7-8H2,1H3. The summed E-state index contributed by atoms with van der Waals surface area (Å²) in [6.07, 6.45) is 2.06. The summed E-state index contributed by atoms with van der Waals surface area (Å²) in [5.41, 5.74) is 0.930. The van der Waals surface area contributed by atoms with E-state index in [0.29, 0.717) is 6.54 Å². The predicted octanol–water partition coefficient (Wildman–Crippen LogP) is 5.01. The number of halogens is 2. The molecule has 1 aromatic heterocycles. The molecule has 2 rings (SSSR count). The zero-order chi connectivity index (χ0) is 13.0. The number of furan rings is 1. The van der Waals surface area contributed by atoms with E-state index < -0.39 is 0 Å². The van der Waals surface area contributed by atoms with E-state index in [1.54, 1.807) is 11.8 Å². The molecule has 0 aliphatic heterocycles. The Morgan fingerprint density at radius 1 is 1.28 bits per heavy atom. The van der Waals surface area contributed by atoms with E-state index in [1.807, 2.05) is 30.3 Å². The predicted molar refractivity (Wildman–Crippen MR) is 87.4 cm³/mol. The Balaban J connectivity index is 1.97. The third kappa shape index (κ3) is 3.83. The van der Waals surface area contributed by atoms with Crippen LogP contribution in [0.5, 0.6) is 0 Å². The lowest BCUT2D eigenvalue weighted by atomic mass is 10.3. The van der Waals surface area contributed by atoms with Crippen molar-refractivity contribution in [3.63, 3.8) is 0 Å². The van der Waals surface area contributed by atoms with Crippen molar-refractivity contribution in [2.45, 2.75) is 12.3 Å². The number of rotatable bonds is 5. The van der Waals surface area contributed by atoms with Crippen molar-refractivity contribution in [2.75, 3.05) is 11.6 Å². The van der Waals surface area contributed by atoms with Gasteiger partial charge >= 0.3 is 0 Å². The molecule has 0 fully saturated rings. The highest BCUT2D eigenvalue weighted by molar-refractivity contribution is 14.1. The molecule has 0 atom stereocenters. The highest BCUT2D eigenvalue weighted by atomic mass is 127. The van der Waals surface area contributed by atoms with Gasteiger partial charge in [-0.15, -0.1) is 0 Å². The number of thioether (sulfide) groups is 1. The molecule has 1 aromatic carbocycles. The van der Waals surface area contributed by atoms with Crippen LogP contribution < -0.4 is 5.32 Å². The Morgan fingerprint density at radius 3 is 2.78 bits per heavy atom. The number of nitrogens with one attached hydrogen (secondary N) is 1. The molecule has 0 unspecified atom stereocenters. The van der Waals surface area contributed by atoms with Crippen LogP contribution in [-0.2, 0) is 12.3 Å². The molecule has 5 heteroatoms. The molecule has 0 amide bonds. The summed E-state index contributed by atoms with van der Waals surface area (Å²) in [7, 11) is 0. The second-order valence-electron chi connectivity index (χ2n) is 3.78. The van der Waals surface area contributed by atoms with E-state index in [-0.39, 0.29) is 0 Å². The third-order valence-electron chi connectivity index (χ3n) is 2.39. The summed E-state index contributed by atoms with van der Waals surface area (Å²) in [6, 6.07) is 9.96. The highest BCUT2D eigenvalue weighted by Crippen LogP contribution is 2.24. The molecular weight excluding hydrogens is 381 g/mol. The van der Waals surface area contributed by atoms with Crippen molar-refractivity contribution in [1.29, 1.82) is 0 Å². The Bertz CT molecular complexity index is 529. The van der Waals surface area contributed by atoms with Crippen molar-refractivity contribution in [1.82, 2.24) is 0 Å². The Morgan fingerprint density at radius 2 is 2.06 bits per heavy atom. The van der Waals surface area contributed by atoms with Crippen LogP contribution in [0.2, 0.25) is 5.02 Å². The lowest BCUT2D eigenvalue weighted by Gasteiger charge is -2.07. The van der Waals surface area contributed by atoms with Gasteiger partial charge in [0.1, 0.15) is 11.5 Å². The van der Waals surface area contributed by atoms with Crippen molar-refractivity contribution in [3.8, 4) is 0 Å². The smallest absolute Gasteiger partial charge is 0.123 e. The highest BCUT2D eigenvalue weighted by Gasteiger charge is 2.04. The minimum Gasteiger partial charge on any atom is -0.463 e. The molecule has 2 aromatic rings. The minimum absolute atomic E-state index is 0.648. The SMILES string of the molecule is CSCc1ccc(CNc2ccc(I)cc2Cl)o1. The summed E-state index contributed by atoms with van der Waals surface area (Å²) in [5, 5.41) is 4.01. The summed E-state index contributed by atoms with van der Waals surface area (Å²) in [5.74, 6) is 2.84. The van der Waals surface area contributed by atoms with Gasteiger partial charge in [0.2, 0.25) is 0 Å². The zero-order valence-electron chi connectivity index (χ0n) is 9.87. The monoisotopic (exact) mass is 393 g/mol. The van der Waals surface area contributed by atoms with E-state index in [1.165, 1.54) is 0 Å². The van der Waals surface area contributed by atoms with Crippen LogP contribution in [0.1, 0.15) is 11.5 Å². The van der Waals surface area contributed by atoms with Crippen molar-refractivity contribution >= 4 is 51.6 Å². The molecule has 0 radical (unpaired) electrons. The molecule has 18 heavy (non-hydrogen) atoms. The molecule has 0 aliphatic carbocycles. The van der Waals surface area contributed by atoms with Crippen molar-refractivity contribution in [2.24, 2.45) is 0 Å². The molecule has 0 bridgehead atoms. The maximum atomic E-state index is 6.15. The Kier molecular flexibility index (Phi) is 5.26. The fourth-order valence-corrected chi connectivity index (χ4v) is 2.91. The molecule has 1 heterocycles. The van der Waals surface area contributed by atoms with E-state index in [0.717, 1.165) is 31.6 Å². The van der Waals surface area contributed by atoms with Crippen LogP contribution in [-0.4, -0.2) is 6.26 Å². The third-order valence-corrected chi connectivity index (χ3v) is 3.94. The quantitative estimate of drug-likeness (QED) is 0.723. The molecule has 0 saturated heterocycles. The first-order chi connectivity index (χ1) is 8.69. The van der Waals surface area contributed by atoms with Gasteiger partial charge in [-0.1, -0.05) is 11.6 Å². The molecule has 0 aliphatic rings. The average Bonchev–Trinajstić information content (AvgIpc) is 2.76. The second-order valence-corrected chi connectivity index (χ2v) is 6.30. The maximum absolute atomic E-state index is 6.15. The summed E-state index contributed by atoms with van der Waals surface area (Å²) in [4.78, 5) is 0. The lowest BCUT2D eigenvalue weighted by molar-refractivity contribution is 0.487. The van der Waals surface area contributed by atoms with Crippen molar-refractivity contribution < 1.29 is 4.42 Å². The van der Waals surface area contributed by atoms with Gasteiger partial charge in [-0.3, -0.25) is 0 Å². The maximum Gasteiger partial charge on any atom is 0.123 e. The van der Waals surface area contributed by atoms with Gasteiger partial charge in [0.15, 0.2) is 0 Å². The first-order valence-corrected chi connectivity index (χ1v) is 8.29. The van der Waals surface area contributed by atoms with E-state index in [2.05, 4.69) is 34.2 Å². The fraction of sp³-hybridized carbons (Fsp3) is 0.231. The van der Waals surface area contributed by atoms with Gasteiger partial charge in [-0.2, -0.15) is 11.8 Å². The molecule has 0 spiro atoms. The fourth-order valence-electron chi connectivity index (χ4n) is 1.55. The summed E-state index contributed by atoms with van der Waals surface area (Å²) in [6.45, 7) is 0.648. The van der Waals surface area contributed by atoms with Crippen LogP contribution >= 0.6 is 46.0 Å². The molecular formula is C13H13ClINOS. The van der Waals surface area contributed by atoms with E-state index in [9.17, 15) is 0 Å². The van der Waals surface area contributed by atoms with Crippen LogP contribution in [0.15, 0.2) is 34.7 Å². The van der Waals surface area contributed by atoms with Crippen LogP contribution in [0, 0.1) is 3.57 Å². The first kappa shape index (κ1) is 14.1. The van der Waals surface area contributed by atoms with Gasteiger partial charge in [0, 0.05) is 3.57 Å². The largest absolute Gasteiger partial charge is 0.463 e. The lowest BCUT2D eigenvalue weighted by Crippen LogP contribution is -1.98. The van der Waals surface area contributed by atoms with E-state index >= 15 is 0 Å². The van der Waals surface area contributed by atoms with Gasteiger partial charge in [0.25, 0.3) is 0 Å². The normalized spacial score (nSPS) is 10.6. The van der Waals surface area contributed by atoms with E-state index in [4.69, 9.17) is 16.0 Å². The van der Waals surface area contributed by atoms with Crippen LogP contribution in [0.3, 0.4) is 0 Å². The van der Waals surface area contributed by atoms with Crippen LogP contribution in [0.4, 0.5) is 5.69 Å². The Hall–Kier alpha value is -0.330. The molecule has 96 valence electrons. The molecule has 2 nitrogen and oxygen atoms in total. The van der Waals surface area contributed by atoms with Gasteiger partial charge in [0.05, 0.1) is 23.0 Å². The van der Waals surface area contributed by atoms with Gasteiger partial charge < -0.3 is 9.73 Å². The molecule has 1 N–H and O–H groups in total. The van der Waals surface area contributed by atoms with Crippen molar-refractivity contribution in [3.05, 3.63) is 50.4 Å². The second kappa shape index (κ2) is 6.73. The van der Waals surface area contributed by atoms with Gasteiger partial charge in [-0.05, 0) is 59.2 Å². The summed E-state index contributed by atoms with van der Waals surface area (Å²) < 4.78 is 6.81. The minimum atomic E-state index is 0.648. The first-order valence-electron chi connectivity index (χ1n) is 5.44. The number of anilines is 1. The molecule has 0 saturated carbocycles.